The van der Waals surface area contributed by atoms with Crippen LogP contribution in [0.5, 0.6) is 0 Å². The molecule has 0 spiro atoms. The van der Waals surface area contributed by atoms with Crippen LogP contribution >= 0.6 is 7.82 Å². The van der Waals surface area contributed by atoms with Gasteiger partial charge in [0.05, 0.1) is 19.8 Å². The Morgan fingerprint density at radius 1 is 0.509 bits per heavy atom. The zero-order valence-electron chi connectivity index (χ0n) is 36.8. The summed E-state index contributed by atoms with van der Waals surface area (Å²) in [6.07, 6.45) is 41.8. The summed E-state index contributed by atoms with van der Waals surface area (Å²) in [7, 11) is -4.62. The lowest BCUT2D eigenvalue weighted by atomic mass is 10.0. The maximum atomic E-state index is 12.6. The van der Waals surface area contributed by atoms with Crippen LogP contribution in [0.3, 0.4) is 0 Å². The zero-order chi connectivity index (χ0) is 41.9. The van der Waals surface area contributed by atoms with Crippen molar-refractivity contribution in [2.75, 3.05) is 26.4 Å². The number of allylic oxidation sites excluding steroid dienone is 2. The second-order valence-corrected chi connectivity index (χ2v) is 17.6. The highest BCUT2D eigenvalue weighted by Crippen LogP contribution is 2.43. The van der Waals surface area contributed by atoms with Crippen LogP contribution in [0.1, 0.15) is 232 Å². The fraction of sp³-hybridized carbons (Fsp3) is 0.913. The fourth-order valence-electron chi connectivity index (χ4n) is 6.75. The van der Waals surface area contributed by atoms with E-state index in [0.717, 1.165) is 51.4 Å². The predicted molar refractivity (Wildman–Crippen MR) is 233 cm³/mol. The van der Waals surface area contributed by atoms with Gasteiger partial charge in [-0.05, 0) is 38.5 Å². The average molecular weight is 833 g/mol. The van der Waals surface area contributed by atoms with E-state index in [4.69, 9.17) is 23.6 Å². The third kappa shape index (κ3) is 42.6. The predicted octanol–water partition coefficient (Wildman–Crippen LogP) is 12.8. The van der Waals surface area contributed by atoms with Crippen LogP contribution in [0.2, 0.25) is 0 Å². The summed E-state index contributed by atoms with van der Waals surface area (Å²) in [5.41, 5.74) is 0. The van der Waals surface area contributed by atoms with Crippen LogP contribution in [0.15, 0.2) is 12.2 Å². The van der Waals surface area contributed by atoms with Gasteiger partial charge in [0.2, 0.25) is 0 Å². The van der Waals surface area contributed by atoms with E-state index in [0.29, 0.717) is 12.8 Å². The summed E-state index contributed by atoms with van der Waals surface area (Å²) < 4.78 is 32.8. The van der Waals surface area contributed by atoms with Gasteiger partial charge in [0.1, 0.15) is 12.7 Å². The number of ether oxygens (including phenoxy) is 2. The SMILES string of the molecule is CCCCCCC/C=C/CCCCCCCC(=O)OC[C@H](COP(=O)(O)OC[C@@H](O)CO)OC(=O)CCCCCCCCCCCCCCCCCCCCCC. The van der Waals surface area contributed by atoms with Crippen molar-refractivity contribution in [1.82, 2.24) is 0 Å². The molecule has 1 unspecified atom stereocenters. The summed E-state index contributed by atoms with van der Waals surface area (Å²) in [5, 5.41) is 18.4. The van der Waals surface area contributed by atoms with Crippen LogP contribution in [0.4, 0.5) is 0 Å². The lowest BCUT2D eigenvalue weighted by molar-refractivity contribution is -0.161. The first-order valence-electron chi connectivity index (χ1n) is 23.6. The first kappa shape index (κ1) is 55.7. The molecule has 0 aromatic rings. The highest BCUT2D eigenvalue weighted by molar-refractivity contribution is 7.47. The topological polar surface area (TPSA) is 149 Å². The Morgan fingerprint density at radius 2 is 0.860 bits per heavy atom. The Hall–Kier alpha value is -1.29. The fourth-order valence-corrected chi connectivity index (χ4v) is 7.54. The molecule has 0 saturated heterocycles. The molecule has 0 aliphatic heterocycles. The van der Waals surface area contributed by atoms with Gasteiger partial charge in [-0.1, -0.05) is 193 Å². The Bertz CT molecular complexity index is 961. The standard InChI is InChI=1S/C46H89O10P/c1-3-5-7-9-11-13-15-17-19-20-21-22-23-24-26-28-30-32-34-36-38-46(50)56-44(42-55-57(51,52)54-40-43(48)39-47)41-53-45(49)37-35-33-31-29-27-25-18-16-14-12-10-8-6-4-2/h16,18,43-44,47-48H,3-15,17,19-42H2,1-2H3,(H,51,52)/b18-16+/t43-,44+/m0/s1. The highest BCUT2D eigenvalue weighted by Gasteiger charge is 2.27. The quantitative estimate of drug-likeness (QED) is 0.0234. The first-order valence-corrected chi connectivity index (χ1v) is 25.1. The molecule has 338 valence electrons. The molecule has 10 nitrogen and oxygen atoms in total. The minimum atomic E-state index is -4.62. The van der Waals surface area contributed by atoms with Crippen molar-refractivity contribution in [1.29, 1.82) is 0 Å². The zero-order valence-corrected chi connectivity index (χ0v) is 37.7. The Morgan fingerprint density at radius 3 is 1.26 bits per heavy atom. The van der Waals surface area contributed by atoms with Crippen molar-refractivity contribution in [3.05, 3.63) is 12.2 Å². The Labute approximate surface area is 349 Å². The number of carbonyl (C=O) groups is 2. The molecular formula is C46H89O10P. The number of esters is 2. The van der Waals surface area contributed by atoms with Gasteiger partial charge < -0.3 is 24.6 Å². The van der Waals surface area contributed by atoms with Crippen molar-refractivity contribution in [2.24, 2.45) is 0 Å². The minimum Gasteiger partial charge on any atom is -0.462 e. The lowest BCUT2D eigenvalue weighted by Gasteiger charge is -2.20. The van der Waals surface area contributed by atoms with Crippen molar-refractivity contribution in [2.45, 2.75) is 244 Å². The number of unbranched alkanes of at least 4 members (excludes halogenated alkanes) is 29. The van der Waals surface area contributed by atoms with Crippen molar-refractivity contribution >= 4 is 19.8 Å². The average Bonchev–Trinajstić information content (AvgIpc) is 3.20. The smallest absolute Gasteiger partial charge is 0.462 e. The van der Waals surface area contributed by atoms with Crippen molar-refractivity contribution in [3.63, 3.8) is 0 Å². The largest absolute Gasteiger partial charge is 0.472 e. The molecule has 3 atom stereocenters. The second-order valence-electron chi connectivity index (χ2n) is 16.1. The van der Waals surface area contributed by atoms with Gasteiger partial charge in [0, 0.05) is 12.8 Å². The number of aliphatic hydroxyl groups is 2. The number of phosphoric ester groups is 1. The molecule has 11 heteroatoms. The van der Waals surface area contributed by atoms with Crippen LogP contribution in [-0.4, -0.2) is 65.7 Å². The summed E-state index contributed by atoms with van der Waals surface area (Å²) in [5.74, 6) is -0.922. The molecule has 0 radical (unpaired) electrons. The number of phosphoric acid groups is 1. The third-order valence-electron chi connectivity index (χ3n) is 10.4. The van der Waals surface area contributed by atoms with Crippen LogP contribution in [0.25, 0.3) is 0 Å². The highest BCUT2D eigenvalue weighted by atomic mass is 31.2. The van der Waals surface area contributed by atoms with Crippen molar-refractivity contribution in [3.8, 4) is 0 Å². The van der Waals surface area contributed by atoms with Crippen LogP contribution < -0.4 is 0 Å². The van der Waals surface area contributed by atoms with Crippen molar-refractivity contribution < 1.29 is 47.8 Å². The Balaban J connectivity index is 4.19. The van der Waals surface area contributed by atoms with Gasteiger partial charge in [0.15, 0.2) is 6.10 Å². The summed E-state index contributed by atoms with van der Waals surface area (Å²) in [6.45, 7) is 2.40. The van der Waals surface area contributed by atoms with E-state index in [1.165, 1.54) is 141 Å². The van der Waals surface area contributed by atoms with E-state index in [-0.39, 0.29) is 19.4 Å². The summed E-state index contributed by atoms with van der Waals surface area (Å²) in [6, 6.07) is 0. The molecule has 0 aromatic carbocycles. The van der Waals surface area contributed by atoms with E-state index >= 15 is 0 Å². The number of rotatable bonds is 45. The van der Waals surface area contributed by atoms with E-state index in [9.17, 15) is 24.2 Å². The molecule has 0 saturated carbocycles. The molecule has 0 rings (SSSR count). The van der Waals surface area contributed by atoms with E-state index in [1.807, 2.05) is 0 Å². The number of aliphatic hydroxyl groups excluding tert-OH is 2. The monoisotopic (exact) mass is 833 g/mol. The van der Waals surface area contributed by atoms with Gasteiger partial charge in [-0.3, -0.25) is 18.6 Å². The van der Waals surface area contributed by atoms with E-state index in [2.05, 4.69) is 26.0 Å². The van der Waals surface area contributed by atoms with Gasteiger partial charge in [-0.2, -0.15) is 0 Å². The summed E-state index contributed by atoms with van der Waals surface area (Å²) >= 11 is 0. The van der Waals surface area contributed by atoms with E-state index in [1.54, 1.807) is 0 Å². The number of hydrogen-bond donors (Lipinski definition) is 3. The number of hydrogen-bond acceptors (Lipinski definition) is 9. The second kappa shape index (κ2) is 42.8. The van der Waals surface area contributed by atoms with Gasteiger partial charge in [0.25, 0.3) is 0 Å². The normalized spacial score (nSPS) is 13.8. The maximum absolute atomic E-state index is 12.6. The van der Waals surface area contributed by atoms with E-state index < -0.39 is 51.8 Å². The summed E-state index contributed by atoms with van der Waals surface area (Å²) in [4.78, 5) is 35.0. The molecule has 0 amide bonds. The maximum Gasteiger partial charge on any atom is 0.472 e. The van der Waals surface area contributed by atoms with Gasteiger partial charge in [-0.25, -0.2) is 4.57 Å². The molecule has 57 heavy (non-hydrogen) atoms. The minimum absolute atomic E-state index is 0.189. The Kier molecular flexibility index (Phi) is 41.9. The third-order valence-corrected chi connectivity index (χ3v) is 11.4. The molecule has 0 fully saturated rings. The van der Waals surface area contributed by atoms with Gasteiger partial charge in [-0.15, -0.1) is 0 Å². The lowest BCUT2D eigenvalue weighted by Crippen LogP contribution is -2.29. The molecular weight excluding hydrogens is 743 g/mol. The molecule has 0 aliphatic carbocycles. The van der Waals surface area contributed by atoms with Gasteiger partial charge >= 0.3 is 19.8 Å². The number of carbonyl (C=O) groups excluding carboxylic acids is 2. The molecule has 0 heterocycles. The molecule has 0 bridgehead atoms. The molecule has 3 N–H and O–H groups in total. The molecule has 0 aliphatic rings. The molecule has 0 aromatic heterocycles. The first-order chi connectivity index (χ1) is 27.7. The van der Waals surface area contributed by atoms with Crippen LogP contribution in [-0.2, 0) is 32.7 Å². The van der Waals surface area contributed by atoms with Crippen LogP contribution in [0, 0.1) is 0 Å².